The summed E-state index contributed by atoms with van der Waals surface area (Å²) in [5.41, 5.74) is 3.36. The van der Waals surface area contributed by atoms with Crippen LogP contribution in [0.15, 0.2) is 46.9 Å². The third-order valence-corrected chi connectivity index (χ3v) is 4.68. The summed E-state index contributed by atoms with van der Waals surface area (Å²) in [4.78, 5) is 0. The summed E-state index contributed by atoms with van der Waals surface area (Å²) in [5.74, 6) is 1.32. The van der Waals surface area contributed by atoms with E-state index in [0.717, 1.165) is 40.8 Å². The van der Waals surface area contributed by atoms with Gasteiger partial charge in [-0.1, -0.05) is 40.2 Å². The largest absolute Gasteiger partial charge is 0.493 e. The van der Waals surface area contributed by atoms with E-state index in [9.17, 15) is 5.11 Å². The number of hydrogen-bond acceptors (Lipinski definition) is 2. The number of benzene rings is 2. The van der Waals surface area contributed by atoms with Crippen LogP contribution in [0.3, 0.4) is 0 Å². The summed E-state index contributed by atoms with van der Waals surface area (Å²) in [7, 11) is 0. The summed E-state index contributed by atoms with van der Waals surface area (Å²) >= 11 is 3.48. The molecule has 0 aromatic heterocycles. The molecule has 0 saturated carbocycles. The Kier molecular flexibility index (Phi) is 4.32. The zero-order valence-corrected chi connectivity index (χ0v) is 13.6. The van der Waals surface area contributed by atoms with Crippen LogP contribution in [-0.2, 0) is 0 Å². The van der Waals surface area contributed by atoms with Crippen molar-refractivity contribution in [3.63, 3.8) is 0 Å². The third kappa shape index (κ3) is 3.14. The monoisotopic (exact) mass is 346 g/mol. The van der Waals surface area contributed by atoms with Crippen molar-refractivity contribution < 1.29 is 9.84 Å². The molecule has 0 spiro atoms. The molecule has 21 heavy (non-hydrogen) atoms. The Balaban J connectivity index is 1.82. The Morgan fingerprint density at radius 1 is 1.29 bits per heavy atom. The van der Waals surface area contributed by atoms with Crippen LogP contribution in [0.2, 0.25) is 0 Å². The lowest BCUT2D eigenvalue weighted by Crippen LogP contribution is -2.16. The molecule has 2 nitrogen and oxygen atoms in total. The highest BCUT2D eigenvalue weighted by atomic mass is 79.9. The average Bonchev–Trinajstić information content (AvgIpc) is 2.50. The van der Waals surface area contributed by atoms with Gasteiger partial charge in [0.1, 0.15) is 5.75 Å². The maximum Gasteiger partial charge on any atom is 0.122 e. The Morgan fingerprint density at radius 3 is 2.95 bits per heavy atom. The van der Waals surface area contributed by atoms with Crippen LogP contribution in [0.5, 0.6) is 5.75 Å². The van der Waals surface area contributed by atoms with Crippen molar-refractivity contribution in [2.45, 2.75) is 31.8 Å². The fourth-order valence-corrected chi connectivity index (χ4v) is 3.41. The molecule has 2 atom stereocenters. The first-order valence-electron chi connectivity index (χ1n) is 7.31. The van der Waals surface area contributed by atoms with Crippen molar-refractivity contribution in [2.75, 3.05) is 6.61 Å². The molecular formula is C18H19BrO2. The smallest absolute Gasteiger partial charge is 0.122 e. The van der Waals surface area contributed by atoms with E-state index in [4.69, 9.17) is 4.74 Å². The zero-order chi connectivity index (χ0) is 14.8. The number of rotatable bonds is 3. The van der Waals surface area contributed by atoms with Crippen LogP contribution in [0.4, 0.5) is 0 Å². The highest BCUT2D eigenvalue weighted by Crippen LogP contribution is 2.39. The van der Waals surface area contributed by atoms with Crippen molar-refractivity contribution in [3.8, 4) is 5.75 Å². The summed E-state index contributed by atoms with van der Waals surface area (Å²) in [6.45, 7) is 2.77. The van der Waals surface area contributed by atoms with Crippen molar-refractivity contribution in [3.05, 3.63) is 63.6 Å². The molecule has 2 aromatic rings. The molecular weight excluding hydrogens is 328 g/mol. The second kappa shape index (κ2) is 6.20. The van der Waals surface area contributed by atoms with Gasteiger partial charge in [-0.3, -0.25) is 0 Å². The van der Waals surface area contributed by atoms with E-state index in [2.05, 4.69) is 22.0 Å². The number of aliphatic hydroxyl groups excluding tert-OH is 1. The van der Waals surface area contributed by atoms with Crippen molar-refractivity contribution >= 4 is 15.9 Å². The van der Waals surface area contributed by atoms with Crippen LogP contribution in [0.1, 0.15) is 41.6 Å². The first-order valence-corrected chi connectivity index (χ1v) is 8.10. The molecule has 3 heteroatoms. The van der Waals surface area contributed by atoms with Gasteiger partial charge in [0.2, 0.25) is 0 Å². The molecule has 1 N–H and O–H groups in total. The van der Waals surface area contributed by atoms with Crippen LogP contribution in [0.25, 0.3) is 0 Å². The van der Waals surface area contributed by atoms with Gasteiger partial charge in [0, 0.05) is 4.47 Å². The molecule has 110 valence electrons. The quantitative estimate of drug-likeness (QED) is 0.868. The number of fused-ring (bicyclic) bond motifs is 1. The van der Waals surface area contributed by atoms with E-state index in [1.807, 2.05) is 43.3 Å². The van der Waals surface area contributed by atoms with Crippen LogP contribution in [0, 0.1) is 6.92 Å². The van der Waals surface area contributed by atoms with Gasteiger partial charge in [0.25, 0.3) is 0 Å². The topological polar surface area (TPSA) is 29.5 Å². The standard InChI is InChI=1S/C18H19BrO2/c1-12-6-7-14(19)11-16(12)17(20)10-13-8-9-21-18-5-3-2-4-15(13)18/h2-7,11,13,17,20H,8-10H2,1H3. The number of ether oxygens (including phenoxy) is 1. The zero-order valence-electron chi connectivity index (χ0n) is 12.1. The summed E-state index contributed by atoms with van der Waals surface area (Å²) in [6, 6.07) is 14.2. The highest BCUT2D eigenvalue weighted by molar-refractivity contribution is 9.10. The first-order chi connectivity index (χ1) is 10.1. The molecule has 2 unspecified atom stereocenters. The van der Waals surface area contributed by atoms with Crippen molar-refractivity contribution in [1.82, 2.24) is 0 Å². The number of aryl methyl sites for hydroxylation is 1. The lowest BCUT2D eigenvalue weighted by molar-refractivity contribution is 0.144. The molecule has 1 heterocycles. The molecule has 1 aliphatic rings. The number of hydrogen-bond donors (Lipinski definition) is 1. The summed E-state index contributed by atoms with van der Waals surface area (Å²) in [5, 5.41) is 10.6. The molecule has 0 aliphatic carbocycles. The van der Waals surface area contributed by atoms with Gasteiger partial charge in [-0.05, 0) is 60.6 Å². The first kappa shape index (κ1) is 14.6. The second-order valence-corrected chi connectivity index (χ2v) is 6.54. The second-order valence-electron chi connectivity index (χ2n) is 5.62. The van der Waals surface area contributed by atoms with Gasteiger partial charge in [0.15, 0.2) is 0 Å². The Hall–Kier alpha value is -1.32. The van der Waals surface area contributed by atoms with Gasteiger partial charge in [0.05, 0.1) is 12.7 Å². The average molecular weight is 347 g/mol. The van der Waals surface area contributed by atoms with Crippen LogP contribution in [-0.4, -0.2) is 11.7 Å². The normalized spacial score (nSPS) is 18.7. The van der Waals surface area contributed by atoms with Gasteiger partial charge < -0.3 is 9.84 Å². The van der Waals surface area contributed by atoms with E-state index in [-0.39, 0.29) is 0 Å². The molecule has 0 radical (unpaired) electrons. The minimum absolute atomic E-state index is 0.350. The molecule has 2 aromatic carbocycles. The maximum absolute atomic E-state index is 10.6. The summed E-state index contributed by atoms with van der Waals surface area (Å²) < 4.78 is 6.70. The van der Waals surface area contributed by atoms with Gasteiger partial charge >= 0.3 is 0 Å². The van der Waals surface area contributed by atoms with Gasteiger partial charge in [-0.25, -0.2) is 0 Å². The third-order valence-electron chi connectivity index (χ3n) is 4.19. The molecule has 0 saturated heterocycles. The molecule has 0 fully saturated rings. The Labute approximate surface area is 133 Å². The molecule has 3 rings (SSSR count). The van der Waals surface area contributed by atoms with Gasteiger partial charge in [-0.15, -0.1) is 0 Å². The van der Waals surface area contributed by atoms with Crippen LogP contribution >= 0.6 is 15.9 Å². The fraction of sp³-hybridized carbons (Fsp3) is 0.333. The fourth-order valence-electron chi connectivity index (χ4n) is 3.03. The highest BCUT2D eigenvalue weighted by Gasteiger charge is 2.24. The predicted molar refractivity (Wildman–Crippen MR) is 87.8 cm³/mol. The Bertz CT molecular complexity index is 639. The number of para-hydroxylation sites is 1. The molecule has 0 bridgehead atoms. The van der Waals surface area contributed by atoms with E-state index in [1.165, 1.54) is 5.56 Å². The SMILES string of the molecule is Cc1ccc(Br)cc1C(O)CC1CCOc2ccccc21. The van der Waals surface area contributed by atoms with Gasteiger partial charge in [-0.2, -0.15) is 0 Å². The number of halogens is 1. The lowest BCUT2D eigenvalue weighted by atomic mass is 9.86. The van der Waals surface area contributed by atoms with E-state index >= 15 is 0 Å². The predicted octanol–water partition coefficient (Wildman–Crippen LogP) is 4.75. The van der Waals surface area contributed by atoms with E-state index < -0.39 is 6.10 Å². The lowest BCUT2D eigenvalue weighted by Gasteiger charge is -2.28. The minimum atomic E-state index is -0.446. The minimum Gasteiger partial charge on any atom is -0.493 e. The van der Waals surface area contributed by atoms with Crippen LogP contribution < -0.4 is 4.74 Å². The number of aliphatic hydroxyl groups is 1. The van der Waals surface area contributed by atoms with E-state index in [1.54, 1.807) is 0 Å². The summed E-state index contributed by atoms with van der Waals surface area (Å²) in [6.07, 6.45) is 1.25. The van der Waals surface area contributed by atoms with Crippen molar-refractivity contribution in [2.24, 2.45) is 0 Å². The van der Waals surface area contributed by atoms with Crippen molar-refractivity contribution in [1.29, 1.82) is 0 Å². The van der Waals surface area contributed by atoms with E-state index in [0.29, 0.717) is 5.92 Å². The molecule has 1 aliphatic heterocycles. The Morgan fingerprint density at radius 2 is 2.10 bits per heavy atom. The maximum atomic E-state index is 10.6. The molecule has 0 amide bonds.